The fourth-order valence-electron chi connectivity index (χ4n) is 2.59. The van der Waals surface area contributed by atoms with Crippen molar-refractivity contribution < 1.29 is 0 Å². The van der Waals surface area contributed by atoms with E-state index in [2.05, 4.69) is 45.5 Å². The van der Waals surface area contributed by atoms with E-state index in [9.17, 15) is 0 Å². The molecule has 1 aromatic heterocycles. The van der Waals surface area contributed by atoms with Gasteiger partial charge in [-0.15, -0.1) is 11.3 Å². The Bertz CT molecular complexity index is 627. The van der Waals surface area contributed by atoms with E-state index in [0.29, 0.717) is 0 Å². The molecule has 2 aromatic rings. The second kappa shape index (κ2) is 5.82. The van der Waals surface area contributed by atoms with Crippen LogP contribution >= 0.6 is 27.3 Å². The maximum atomic E-state index is 4.96. The van der Waals surface area contributed by atoms with Gasteiger partial charge in [0.25, 0.3) is 0 Å². The molecule has 2 aliphatic rings. The summed E-state index contributed by atoms with van der Waals surface area (Å²) in [6.45, 7) is 1.02. The highest BCUT2D eigenvalue weighted by molar-refractivity contribution is 9.10. The van der Waals surface area contributed by atoms with Crippen LogP contribution in [0.3, 0.4) is 0 Å². The average Bonchev–Trinajstić information content (AvgIpc) is 3.39. The fraction of sp³-hybridized carbons (Fsp3) is 0.471. The summed E-state index contributed by atoms with van der Waals surface area (Å²) in [5.41, 5.74) is 2.73. The highest BCUT2D eigenvalue weighted by atomic mass is 79.9. The van der Waals surface area contributed by atoms with Crippen molar-refractivity contribution in [2.24, 2.45) is 0 Å². The first-order valence-electron chi connectivity index (χ1n) is 7.74. The number of benzene rings is 1. The molecule has 2 saturated carbocycles. The van der Waals surface area contributed by atoms with Crippen LogP contribution in [0.1, 0.15) is 52.7 Å². The molecular formula is C17H19BrN2S. The molecule has 1 aromatic carbocycles. The molecule has 0 saturated heterocycles. The van der Waals surface area contributed by atoms with Gasteiger partial charge in [-0.1, -0.05) is 28.1 Å². The molecule has 0 atom stereocenters. The van der Waals surface area contributed by atoms with Crippen LogP contribution in [0.15, 0.2) is 28.7 Å². The van der Waals surface area contributed by atoms with Crippen molar-refractivity contribution in [3.8, 4) is 0 Å². The summed E-state index contributed by atoms with van der Waals surface area (Å²) in [4.78, 5) is 6.44. The molecule has 1 heterocycles. The van der Waals surface area contributed by atoms with E-state index < -0.39 is 0 Å². The van der Waals surface area contributed by atoms with Gasteiger partial charge in [0.15, 0.2) is 0 Å². The number of aromatic nitrogens is 1. The van der Waals surface area contributed by atoms with Crippen molar-refractivity contribution in [3.05, 3.63) is 49.9 Å². The molecular weight excluding hydrogens is 344 g/mol. The zero-order valence-corrected chi connectivity index (χ0v) is 14.3. The Kier molecular flexibility index (Phi) is 3.86. The van der Waals surface area contributed by atoms with E-state index in [4.69, 9.17) is 4.98 Å². The maximum absolute atomic E-state index is 4.96. The molecule has 2 nitrogen and oxygen atoms in total. The summed E-state index contributed by atoms with van der Waals surface area (Å²) in [6, 6.07) is 9.36. The third-order valence-electron chi connectivity index (χ3n) is 4.13. The molecule has 4 rings (SSSR count). The van der Waals surface area contributed by atoms with Gasteiger partial charge < -0.3 is 5.32 Å². The maximum Gasteiger partial charge on any atom is 0.0975 e. The Morgan fingerprint density at radius 1 is 1.14 bits per heavy atom. The highest BCUT2D eigenvalue weighted by Gasteiger charge is 2.30. The minimum absolute atomic E-state index is 0.746. The van der Waals surface area contributed by atoms with Gasteiger partial charge in [0.2, 0.25) is 0 Å². The Labute approximate surface area is 138 Å². The van der Waals surface area contributed by atoms with Gasteiger partial charge in [-0.25, -0.2) is 4.98 Å². The van der Waals surface area contributed by atoms with Gasteiger partial charge in [0.1, 0.15) is 0 Å². The summed E-state index contributed by atoms with van der Waals surface area (Å²) in [5, 5.41) is 4.92. The van der Waals surface area contributed by atoms with E-state index >= 15 is 0 Å². The van der Waals surface area contributed by atoms with E-state index in [1.165, 1.54) is 46.8 Å². The van der Waals surface area contributed by atoms with Crippen LogP contribution in [0.5, 0.6) is 0 Å². The van der Waals surface area contributed by atoms with Crippen LogP contribution in [0.2, 0.25) is 0 Å². The summed E-state index contributed by atoms with van der Waals surface area (Å²) >= 11 is 5.40. The van der Waals surface area contributed by atoms with Crippen LogP contribution in [0.25, 0.3) is 0 Å². The molecule has 1 N–H and O–H groups in total. The molecule has 2 aliphatic carbocycles. The lowest BCUT2D eigenvalue weighted by Crippen LogP contribution is -2.15. The van der Waals surface area contributed by atoms with E-state index in [0.717, 1.165) is 29.4 Å². The van der Waals surface area contributed by atoms with E-state index in [-0.39, 0.29) is 0 Å². The molecule has 0 unspecified atom stereocenters. The van der Waals surface area contributed by atoms with Crippen molar-refractivity contribution in [2.45, 2.75) is 50.6 Å². The van der Waals surface area contributed by atoms with Crippen LogP contribution < -0.4 is 5.32 Å². The van der Waals surface area contributed by atoms with Crippen LogP contribution in [0, 0.1) is 0 Å². The topological polar surface area (TPSA) is 24.9 Å². The molecule has 110 valence electrons. The molecule has 0 aliphatic heterocycles. The molecule has 0 bridgehead atoms. The molecule has 0 radical (unpaired) electrons. The number of halogens is 1. The van der Waals surface area contributed by atoms with Gasteiger partial charge in [-0.3, -0.25) is 0 Å². The molecule has 0 spiro atoms. The normalized spacial score (nSPS) is 18.1. The number of nitrogens with zero attached hydrogens (tertiary/aromatic N) is 1. The van der Waals surface area contributed by atoms with Gasteiger partial charge >= 0.3 is 0 Å². The predicted octanol–water partition coefficient (Wildman–Crippen LogP) is 4.63. The Hall–Kier alpha value is -0.710. The van der Waals surface area contributed by atoms with E-state index in [1.54, 1.807) is 0 Å². The lowest BCUT2D eigenvalue weighted by Gasteiger charge is -2.01. The third kappa shape index (κ3) is 3.55. The second-order valence-electron chi connectivity index (χ2n) is 6.15. The number of hydrogen-bond acceptors (Lipinski definition) is 3. The summed E-state index contributed by atoms with van der Waals surface area (Å²) in [7, 11) is 0. The van der Waals surface area contributed by atoms with Gasteiger partial charge in [0.05, 0.1) is 10.7 Å². The highest BCUT2D eigenvalue weighted by Crippen LogP contribution is 2.43. The quantitative estimate of drug-likeness (QED) is 0.810. The number of hydrogen-bond donors (Lipinski definition) is 1. The van der Waals surface area contributed by atoms with Crippen molar-refractivity contribution in [2.75, 3.05) is 0 Å². The summed E-state index contributed by atoms with van der Waals surface area (Å²) < 4.78 is 1.14. The second-order valence-corrected chi connectivity index (χ2v) is 8.23. The monoisotopic (exact) mass is 362 g/mol. The smallest absolute Gasteiger partial charge is 0.0975 e. The largest absolute Gasteiger partial charge is 0.309 e. The van der Waals surface area contributed by atoms with Gasteiger partial charge in [-0.2, -0.15) is 0 Å². The minimum Gasteiger partial charge on any atom is -0.309 e. The first-order valence-corrected chi connectivity index (χ1v) is 9.35. The third-order valence-corrected chi connectivity index (χ3v) is 5.73. The minimum atomic E-state index is 0.746. The Balaban J connectivity index is 1.51. The first kappa shape index (κ1) is 13.9. The molecule has 21 heavy (non-hydrogen) atoms. The molecule has 2 fully saturated rings. The first-order chi connectivity index (χ1) is 10.3. The fourth-order valence-corrected chi connectivity index (χ4v) is 4.00. The van der Waals surface area contributed by atoms with Crippen molar-refractivity contribution in [1.29, 1.82) is 0 Å². The SMILES string of the molecule is Brc1ccc(Cc2nc(C3CC3)c(CNC3CC3)s2)cc1. The number of thiazole rings is 1. The van der Waals surface area contributed by atoms with E-state index in [1.807, 2.05) is 11.3 Å². The van der Waals surface area contributed by atoms with Crippen LogP contribution in [-0.2, 0) is 13.0 Å². The number of nitrogens with one attached hydrogen (secondary N) is 1. The van der Waals surface area contributed by atoms with Crippen molar-refractivity contribution in [1.82, 2.24) is 10.3 Å². The predicted molar refractivity (Wildman–Crippen MR) is 90.9 cm³/mol. The lowest BCUT2D eigenvalue weighted by atomic mass is 10.2. The van der Waals surface area contributed by atoms with Gasteiger partial charge in [-0.05, 0) is 43.4 Å². The standard InChI is InChI=1S/C17H19BrN2S/c18-13-5-1-11(2-6-13)9-16-20-17(12-3-4-12)15(21-16)10-19-14-7-8-14/h1-2,5-6,12,14,19H,3-4,7-10H2. The zero-order chi connectivity index (χ0) is 14.2. The zero-order valence-electron chi connectivity index (χ0n) is 11.9. The number of rotatable bonds is 6. The Morgan fingerprint density at radius 3 is 2.57 bits per heavy atom. The van der Waals surface area contributed by atoms with Crippen LogP contribution in [-0.4, -0.2) is 11.0 Å². The average molecular weight is 363 g/mol. The lowest BCUT2D eigenvalue weighted by molar-refractivity contribution is 0.688. The molecule has 4 heteroatoms. The van der Waals surface area contributed by atoms with Crippen molar-refractivity contribution >= 4 is 27.3 Å². The molecule has 0 amide bonds. The summed E-state index contributed by atoms with van der Waals surface area (Å²) in [6.07, 6.45) is 6.32. The van der Waals surface area contributed by atoms with Crippen LogP contribution in [0.4, 0.5) is 0 Å². The summed E-state index contributed by atoms with van der Waals surface area (Å²) in [5.74, 6) is 0.746. The van der Waals surface area contributed by atoms with Crippen molar-refractivity contribution in [3.63, 3.8) is 0 Å². The Morgan fingerprint density at radius 2 is 1.90 bits per heavy atom. The van der Waals surface area contributed by atoms with Gasteiger partial charge in [0, 0.05) is 34.3 Å².